The quantitative estimate of drug-likeness (QED) is 0.273. The number of hydrogen-bond acceptors (Lipinski definition) is 7. The van der Waals surface area contributed by atoms with E-state index in [9.17, 15) is 19.5 Å². The molecule has 3 N–H and O–H groups in total. The molecule has 1 aromatic carbocycles. The van der Waals surface area contributed by atoms with Crippen LogP contribution in [-0.4, -0.2) is 26.4 Å². The predicted molar refractivity (Wildman–Crippen MR) is 128 cm³/mol. The van der Waals surface area contributed by atoms with E-state index in [4.69, 9.17) is 15.5 Å². The lowest BCUT2D eigenvalue weighted by Gasteiger charge is -2.31. The third kappa shape index (κ3) is 2.95. The summed E-state index contributed by atoms with van der Waals surface area (Å²) in [5.41, 5.74) is 9.96. The van der Waals surface area contributed by atoms with E-state index in [1.807, 2.05) is 19.1 Å². The Kier molecular flexibility index (Phi) is 4.95. The van der Waals surface area contributed by atoms with Crippen molar-refractivity contribution in [3.05, 3.63) is 62.4 Å². The van der Waals surface area contributed by atoms with Crippen molar-refractivity contribution in [3.63, 3.8) is 0 Å². The first-order chi connectivity index (χ1) is 16.2. The lowest BCUT2D eigenvalue weighted by atomic mass is 9.86. The van der Waals surface area contributed by atoms with Crippen LogP contribution in [0.1, 0.15) is 55.0 Å². The summed E-state index contributed by atoms with van der Waals surface area (Å²) in [6.45, 7) is 5.32. The minimum atomic E-state index is -1.86. The minimum Gasteiger partial charge on any atom is -0.458 e. The summed E-state index contributed by atoms with van der Waals surface area (Å²) < 4.78 is 6.76. The van der Waals surface area contributed by atoms with Crippen LogP contribution in [0, 0.1) is 0 Å². The minimum absolute atomic E-state index is 0.0735. The molecule has 1 atom stereocenters. The fourth-order valence-corrected chi connectivity index (χ4v) is 5.05. The second kappa shape index (κ2) is 7.63. The lowest BCUT2D eigenvalue weighted by molar-refractivity contribution is -0.172. The highest BCUT2D eigenvalue weighted by atomic mass is 16.6. The summed E-state index contributed by atoms with van der Waals surface area (Å²) in [6, 6.07) is 5.37. The average Bonchev–Trinajstić information content (AvgIpc) is 3.18. The van der Waals surface area contributed by atoms with Crippen LogP contribution in [0.3, 0.4) is 0 Å². The molecule has 5 rings (SSSR count). The van der Waals surface area contributed by atoms with Crippen molar-refractivity contribution in [2.45, 2.75) is 52.4 Å². The monoisotopic (exact) mass is 459 g/mol. The Labute approximate surface area is 195 Å². The third-order valence-electron chi connectivity index (χ3n) is 6.89. The topological polar surface area (TPSA) is 125 Å². The van der Waals surface area contributed by atoms with E-state index in [0.717, 1.165) is 22.1 Å². The molecule has 3 aromatic rings. The number of anilines is 1. The summed E-state index contributed by atoms with van der Waals surface area (Å²) in [5.74, 6) is -0.819. The number of hydrogen-bond donors (Lipinski definition) is 2. The normalized spacial score (nSPS) is 18.6. The van der Waals surface area contributed by atoms with E-state index in [1.54, 1.807) is 23.6 Å². The number of aliphatic hydroxyl groups is 1. The molecule has 34 heavy (non-hydrogen) atoms. The van der Waals surface area contributed by atoms with Gasteiger partial charge in [-0.1, -0.05) is 19.9 Å². The first kappa shape index (κ1) is 22.0. The predicted octanol–water partition coefficient (Wildman–Crippen LogP) is 2.83. The number of ether oxygens (including phenoxy) is 1. The Bertz CT molecular complexity index is 1500. The van der Waals surface area contributed by atoms with Crippen LogP contribution in [0.2, 0.25) is 0 Å². The number of pyridine rings is 2. The molecule has 0 aliphatic carbocycles. The summed E-state index contributed by atoms with van der Waals surface area (Å²) in [4.78, 5) is 42.0. The number of benzene rings is 1. The maximum absolute atomic E-state index is 13.4. The number of nitrogens with two attached hydrogens (primary N) is 1. The van der Waals surface area contributed by atoms with Gasteiger partial charge in [0.25, 0.3) is 5.56 Å². The molecular formula is C26H25N3O5. The maximum atomic E-state index is 13.4. The van der Waals surface area contributed by atoms with Gasteiger partial charge in [0.15, 0.2) is 11.4 Å². The van der Waals surface area contributed by atoms with Gasteiger partial charge in [0, 0.05) is 22.2 Å². The van der Waals surface area contributed by atoms with Crippen LogP contribution in [0.25, 0.3) is 28.4 Å². The smallest absolute Gasteiger partial charge is 0.343 e. The van der Waals surface area contributed by atoms with Gasteiger partial charge in [-0.15, -0.1) is 0 Å². The van der Waals surface area contributed by atoms with Crippen LogP contribution < -0.4 is 11.3 Å². The van der Waals surface area contributed by atoms with Gasteiger partial charge >= 0.3 is 5.97 Å². The summed E-state index contributed by atoms with van der Waals surface area (Å²) in [5, 5.41) is 11.8. The number of nitrogens with zero attached hydrogens (tertiary/aromatic N) is 2. The van der Waals surface area contributed by atoms with Crippen LogP contribution in [-0.2, 0) is 39.5 Å². The fraction of sp³-hybridized carbons (Fsp3) is 0.308. The van der Waals surface area contributed by atoms with Gasteiger partial charge in [-0.25, -0.2) is 9.78 Å². The number of aryl methyl sites for hydroxylation is 1. The highest BCUT2D eigenvalue weighted by Gasteiger charge is 2.45. The molecule has 0 saturated heterocycles. The summed E-state index contributed by atoms with van der Waals surface area (Å²) in [7, 11) is 0. The molecular weight excluding hydrogens is 434 g/mol. The second-order valence-corrected chi connectivity index (χ2v) is 8.78. The van der Waals surface area contributed by atoms with E-state index in [1.165, 1.54) is 13.0 Å². The van der Waals surface area contributed by atoms with E-state index in [0.29, 0.717) is 46.7 Å². The third-order valence-corrected chi connectivity index (χ3v) is 6.89. The summed E-state index contributed by atoms with van der Waals surface area (Å²) >= 11 is 0. The van der Waals surface area contributed by atoms with Crippen LogP contribution in [0.4, 0.5) is 5.69 Å². The number of carbonyl (C=O) groups is 2. The first-order valence-electron chi connectivity index (χ1n) is 11.3. The molecule has 0 fully saturated rings. The molecule has 0 amide bonds. The van der Waals surface area contributed by atoms with Gasteiger partial charge in [-0.2, -0.15) is 0 Å². The average molecular weight is 460 g/mol. The molecule has 2 aliphatic heterocycles. The lowest BCUT2D eigenvalue weighted by Crippen LogP contribution is -2.44. The van der Waals surface area contributed by atoms with Gasteiger partial charge in [0.2, 0.25) is 0 Å². The molecule has 4 heterocycles. The van der Waals surface area contributed by atoms with Gasteiger partial charge in [-0.3, -0.25) is 9.59 Å². The zero-order valence-corrected chi connectivity index (χ0v) is 19.3. The number of esters is 1. The number of rotatable bonds is 4. The summed E-state index contributed by atoms with van der Waals surface area (Å²) in [6.07, 6.45) is 3.92. The van der Waals surface area contributed by atoms with Crippen molar-refractivity contribution >= 4 is 34.4 Å². The fourth-order valence-electron chi connectivity index (χ4n) is 5.05. The molecule has 2 aromatic heterocycles. The molecule has 0 bridgehead atoms. The van der Waals surface area contributed by atoms with Crippen LogP contribution in [0.5, 0.6) is 0 Å². The van der Waals surface area contributed by atoms with Crippen molar-refractivity contribution in [3.8, 4) is 11.4 Å². The Morgan fingerprint density at radius 1 is 1.29 bits per heavy atom. The molecule has 8 heteroatoms. The second-order valence-electron chi connectivity index (χ2n) is 8.78. The standard InChI is InChI=1S/C26H25N3O5/c1-4-15-16-11-29-20(10-18-17(24(29)31)12-34-25(32)26(18,33)5-2)23(16)28-19-9-8-14(7-6-13(3)30)22(27)21(15)19/h6-10,33H,4-5,11-12,27H2,1-3H3/t26-/m0/s1. The van der Waals surface area contributed by atoms with Crippen molar-refractivity contribution in [1.82, 2.24) is 9.55 Å². The van der Waals surface area contributed by atoms with E-state index < -0.39 is 11.6 Å². The maximum Gasteiger partial charge on any atom is 0.343 e. The number of allylic oxidation sites excluding steroid dienone is 1. The number of aromatic nitrogens is 2. The van der Waals surface area contributed by atoms with Crippen molar-refractivity contribution in [2.75, 3.05) is 5.73 Å². The van der Waals surface area contributed by atoms with Crippen molar-refractivity contribution < 1.29 is 19.4 Å². The molecule has 0 unspecified atom stereocenters. The SMILES string of the molecule is CCc1c2c(nc3ccc(C=CC(C)=O)c(N)c13)-c1cc3c(c(=O)n1C2)COC(=O)[C@]3(O)CC. The van der Waals surface area contributed by atoms with Gasteiger partial charge in [0.1, 0.15) is 6.61 Å². The molecule has 8 nitrogen and oxygen atoms in total. The highest BCUT2D eigenvalue weighted by molar-refractivity contribution is 6.01. The number of carbonyl (C=O) groups excluding carboxylic acids is 2. The largest absolute Gasteiger partial charge is 0.458 e. The van der Waals surface area contributed by atoms with Gasteiger partial charge in [-0.05, 0) is 55.2 Å². The molecule has 174 valence electrons. The van der Waals surface area contributed by atoms with E-state index in [2.05, 4.69) is 0 Å². The molecule has 0 spiro atoms. The molecule has 2 aliphatic rings. The van der Waals surface area contributed by atoms with E-state index in [-0.39, 0.29) is 24.4 Å². The highest BCUT2D eigenvalue weighted by Crippen LogP contribution is 2.41. The number of ketones is 1. The number of cyclic esters (lactones) is 1. The van der Waals surface area contributed by atoms with Crippen molar-refractivity contribution in [2.24, 2.45) is 0 Å². The van der Waals surface area contributed by atoms with Crippen LogP contribution in [0.15, 0.2) is 29.1 Å². The zero-order chi connectivity index (χ0) is 24.4. The number of fused-ring (bicyclic) bond motifs is 5. The Hall–Kier alpha value is -3.78. The Balaban J connectivity index is 1.78. The molecule has 0 saturated carbocycles. The Morgan fingerprint density at radius 2 is 2.06 bits per heavy atom. The van der Waals surface area contributed by atoms with Gasteiger partial charge in [0.05, 0.1) is 29.0 Å². The Morgan fingerprint density at radius 3 is 2.74 bits per heavy atom. The van der Waals surface area contributed by atoms with Crippen molar-refractivity contribution in [1.29, 1.82) is 0 Å². The van der Waals surface area contributed by atoms with Crippen LogP contribution >= 0.6 is 0 Å². The number of nitrogen functional groups attached to an aromatic ring is 1. The van der Waals surface area contributed by atoms with Gasteiger partial charge < -0.3 is 20.1 Å². The zero-order valence-electron chi connectivity index (χ0n) is 19.3. The van der Waals surface area contributed by atoms with E-state index >= 15 is 0 Å². The molecule has 0 radical (unpaired) electrons. The first-order valence-corrected chi connectivity index (χ1v) is 11.3.